The quantitative estimate of drug-likeness (QED) is 0.777. The number of nitrogens with zero attached hydrogens (tertiary/aromatic N) is 1. The maximum Gasteiger partial charge on any atom is 0.222 e. The van der Waals surface area contributed by atoms with Crippen LogP contribution in [0.2, 0.25) is 0 Å². The Hall–Kier alpha value is -1.55. The van der Waals surface area contributed by atoms with E-state index in [1.807, 2.05) is 29.2 Å². The smallest absolute Gasteiger partial charge is 0.222 e. The molecule has 0 atom stereocenters. The van der Waals surface area contributed by atoms with E-state index in [0.717, 1.165) is 37.2 Å². The summed E-state index contributed by atoms with van der Waals surface area (Å²) in [6.45, 7) is 2.91. The molecule has 98 valence electrons. The van der Waals surface area contributed by atoms with Gasteiger partial charge in [0.1, 0.15) is 5.75 Å². The highest BCUT2D eigenvalue weighted by Gasteiger charge is 2.18. The molecule has 4 heteroatoms. The SMILES string of the molecule is NCc1ccc(OCCCN2CCCC2=O)cc1. The van der Waals surface area contributed by atoms with Crippen LogP contribution in [0.25, 0.3) is 0 Å². The van der Waals surface area contributed by atoms with Crippen LogP contribution in [0.3, 0.4) is 0 Å². The Morgan fingerprint density at radius 2 is 2.06 bits per heavy atom. The monoisotopic (exact) mass is 248 g/mol. The van der Waals surface area contributed by atoms with E-state index in [2.05, 4.69) is 0 Å². The highest BCUT2D eigenvalue weighted by molar-refractivity contribution is 5.77. The van der Waals surface area contributed by atoms with Crippen molar-refractivity contribution in [1.82, 2.24) is 4.90 Å². The molecule has 0 aromatic heterocycles. The Bertz CT molecular complexity index is 389. The van der Waals surface area contributed by atoms with Crippen molar-refractivity contribution in [2.75, 3.05) is 19.7 Å². The van der Waals surface area contributed by atoms with Crippen LogP contribution < -0.4 is 10.5 Å². The molecule has 4 nitrogen and oxygen atoms in total. The number of likely N-dealkylation sites (tertiary alicyclic amines) is 1. The highest BCUT2D eigenvalue weighted by atomic mass is 16.5. The standard InChI is InChI=1S/C14H20N2O2/c15-11-12-4-6-13(7-5-12)18-10-2-9-16-8-1-3-14(16)17/h4-7H,1-3,8-11,15H2. The maximum absolute atomic E-state index is 11.4. The third-order valence-corrected chi connectivity index (χ3v) is 3.17. The summed E-state index contributed by atoms with van der Waals surface area (Å²) >= 11 is 0. The Kier molecular flexibility index (Phi) is 4.59. The first-order valence-electron chi connectivity index (χ1n) is 6.49. The summed E-state index contributed by atoms with van der Waals surface area (Å²) < 4.78 is 5.62. The molecule has 1 aromatic carbocycles. The van der Waals surface area contributed by atoms with Crippen LogP contribution in [0.4, 0.5) is 0 Å². The van der Waals surface area contributed by atoms with Gasteiger partial charge in [-0.3, -0.25) is 4.79 Å². The van der Waals surface area contributed by atoms with Gasteiger partial charge in [0.15, 0.2) is 0 Å². The van der Waals surface area contributed by atoms with E-state index >= 15 is 0 Å². The summed E-state index contributed by atoms with van der Waals surface area (Å²) in [7, 11) is 0. The molecule has 0 radical (unpaired) electrons. The van der Waals surface area contributed by atoms with Gasteiger partial charge >= 0.3 is 0 Å². The summed E-state index contributed by atoms with van der Waals surface area (Å²) in [6.07, 6.45) is 2.59. The largest absolute Gasteiger partial charge is 0.494 e. The van der Waals surface area contributed by atoms with E-state index in [1.165, 1.54) is 0 Å². The van der Waals surface area contributed by atoms with Gasteiger partial charge in [0.2, 0.25) is 5.91 Å². The number of hydrogen-bond acceptors (Lipinski definition) is 3. The van der Waals surface area contributed by atoms with Gasteiger partial charge in [-0.15, -0.1) is 0 Å². The predicted molar refractivity (Wildman–Crippen MR) is 70.3 cm³/mol. The van der Waals surface area contributed by atoms with Gasteiger partial charge in [0.25, 0.3) is 0 Å². The average Bonchev–Trinajstić information content (AvgIpc) is 2.81. The third kappa shape index (κ3) is 3.47. The lowest BCUT2D eigenvalue weighted by Crippen LogP contribution is -2.26. The number of ether oxygens (including phenoxy) is 1. The molecule has 1 fully saturated rings. The molecule has 1 aliphatic rings. The number of carbonyl (C=O) groups is 1. The van der Waals surface area contributed by atoms with Crippen LogP contribution >= 0.6 is 0 Å². The number of carbonyl (C=O) groups excluding carboxylic acids is 1. The summed E-state index contributed by atoms with van der Waals surface area (Å²) in [4.78, 5) is 13.3. The number of nitrogens with two attached hydrogens (primary N) is 1. The second kappa shape index (κ2) is 6.40. The molecule has 0 spiro atoms. The van der Waals surface area contributed by atoms with Crippen molar-refractivity contribution < 1.29 is 9.53 Å². The van der Waals surface area contributed by atoms with Crippen molar-refractivity contribution in [3.8, 4) is 5.75 Å². The van der Waals surface area contributed by atoms with E-state index in [-0.39, 0.29) is 5.91 Å². The van der Waals surface area contributed by atoms with E-state index < -0.39 is 0 Å². The first kappa shape index (κ1) is 12.9. The minimum Gasteiger partial charge on any atom is -0.494 e. The zero-order chi connectivity index (χ0) is 12.8. The molecule has 1 aliphatic heterocycles. The second-order valence-electron chi connectivity index (χ2n) is 4.53. The highest BCUT2D eigenvalue weighted by Crippen LogP contribution is 2.13. The maximum atomic E-state index is 11.4. The van der Waals surface area contributed by atoms with Crippen molar-refractivity contribution in [3.05, 3.63) is 29.8 Å². The number of amides is 1. The van der Waals surface area contributed by atoms with Gasteiger partial charge in [-0.05, 0) is 30.5 Å². The lowest BCUT2D eigenvalue weighted by atomic mass is 10.2. The van der Waals surface area contributed by atoms with Crippen molar-refractivity contribution >= 4 is 5.91 Å². The van der Waals surface area contributed by atoms with Crippen LogP contribution in [-0.4, -0.2) is 30.5 Å². The molecule has 0 saturated carbocycles. The van der Waals surface area contributed by atoms with Crippen LogP contribution in [0.15, 0.2) is 24.3 Å². The van der Waals surface area contributed by atoms with Crippen LogP contribution in [-0.2, 0) is 11.3 Å². The Morgan fingerprint density at radius 1 is 1.28 bits per heavy atom. The van der Waals surface area contributed by atoms with Gasteiger partial charge < -0.3 is 15.4 Å². The van der Waals surface area contributed by atoms with Gasteiger partial charge in [-0.2, -0.15) is 0 Å². The van der Waals surface area contributed by atoms with Gasteiger partial charge in [0.05, 0.1) is 6.61 Å². The minimum atomic E-state index is 0.280. The van der Waals surface area contributed by atoms with Gasteiger partial charge in [-0.1, -0.05) is 12.1 Å². The predicted octanol–water partition coefficient (Wildman–Crippen LogP) is 1.54. The number of benzene rings is 1. The van der Waals surface area contributed by atoms with E-state index in [0.29, 0.717) is 19.6 Å². The molecule has 0 aliphatic carbocycles. The average molecular weight is 248 g/mol. The molecule has 1 heterocycles. The summed E-state index contributed by atoms with van der Waals surface area (Å²) in [5.41, 5.74) is 6.63. The molecule has 1 amide bonds. The Balaban J connectivity index is 1.66. The van der Waals surface area contributed by atoms with E-state index in [9.17, 15) is 4.79 Å². The fourth-order valence-electron chi connectivity index (χ4n) is 2.11. The Morgan fingerprint density at radius 3 is 2.67 bits per heavy atom. The lowest BCUT2D eigenvalue weighted by Gasteiger charge is -2.15. The second-order valence-corrected chi connectivity index (χ2v) is 4.53. The van der Waals surface area contributed by atoms with E-state index in [4.69, 9.17) is 10.5 Å². The fourth-order valence-corrected chi connectivity index (χ4v) is 2.11. The first-order valence-corrected chi connectivity index (χ1v) is 6.49. The third-order valence-electron chi connectivity index (χ3n) is 3.17. The zero-order valence-electron chi connectivity index (χ0n) is 10.6. The molecular weight excluding hydrogens is 228 g/mol. The Labute approximate surface area is 108 Å². The van der Waals surface area contributed by atoms with Crippen LogP contribution in [0.1, 0.15) is 24.8 Å². The molecular formula is C14H20N2O2. The van der Waals surface area contributed by atoms with Gasteiger partial charge in [0, 0.05) is 26.1 Å². The van der Waals surface area contributed by atoms with Crippen molar-refractivity contribution in [2.45, 2.75) is 25.8 Å². The molecule has 18 heavy (non-hydrogen) atoms. The molecule has 0 bridgehead atoms. The molecule has 0 unspecified atom stereocenters. The lowest BCUT2D eigenvalue weighted by molar-refractivity contribution is -0.127. The molecule has 1 aromatic rings. The van der Waals surface area contributed by atoms with Crippen molar-refractivity contribution in [1.29, 1.82) is 0 Å². The first-order chi connectivity index (χ1) is 8.79. The summed E-state index contributed by atoms with van der Waals surface area (Å²) in [5, 5.41) is 0. The number of hydrogen-bond donors (Lipinski definition) is 1. The minimum absolute atomic E-state index is 0.280. The number of rotatable bonds is 6. The van der Waals surface area contributed by atoms with E-state index in [1.54, 1.807) is 0 Å². The zero-order valence-corrected chi connectivity index (χ0v) is 10.6. The van der Waals surface area contributed by atoms with Crippen molar-refractivity contribution in [2.24, 2.45) is 5.73 Å². The van der Waals surface area contributed by atoms with Crippen LogP contribution in [0.5, 0.6) is 5.75 Å². The topological polar surface area (TPSA) is 55.6 Å². The van der Waals surface area contributed by atoms with Crippen LogP contribution in [0, 0.1) is 0 Å². The normalized spacial score (nSPS) is 15.2. The molecule has 2 rings (SSSR count). The molecule has 2 N–H and O–H groups in total. The summed E-state index contributed by atoms with van der Waals surface area (Å²) in [6, 6.07) is 7.81. The summed E-state index contributed by atoms with van der Waals surface area (Å²) in [5.74, 6) is 1.14. The molecule has 1 saturated heterocycles. The van der Waals surface area contributed by atoms with Gasteiger partial charge in [-0.25, -0.2) is 0 Å². The fraction of sp³-hybridized carbons (Fsp3) is 0.500. The van der Waals surface area contributed by atoms with Crippen molar-refractivity contribution in [3.63, 3.8) is 0 Å².